The van der Waals surface area contributed by atoms with E-state index in [1.54, 1.807) is 0 Å². The van der Waals surface area contributed by atoms with Gasteiger partial charge >= 0.3 is 0 Å². The van der Waals surface area contributed by atoms with Gasteiger partial charge in [-0.3, -0.25) is 0 Å². The quantitative estimate of drug-likeness (QED) is 0.172. The van der Waals surface area contributed by atoms with Crippen molar-refractivity contribution in [2.24, 2.45) is 0 Å². The standard InChI is InChI=1S/C51H37NO2/c1-5-13-34(14-6-1)31-43(38-23-21-36(22-24-38)35-15-7-2-8-16-35)42-27-25-40(32-44(42)37-17-9-3-10-18-37)41-26-28-46-45(33-41)49-47(53-46)29-30-48-50(49)52-51(54-48)39-19-11-4-12-20-39/h1-30,32-33,43,51-52H,31H2. The molecule has 0 aliphatic carbocycles. The van der Waals surface area contributed by atoms with Crippen LogP contribution in [0.1, 0.15) is 34.4 Å². The molecule has 3 heteroatoms. The minimum absolute atomic E-state index is 0.146. The predicted octanol–water partition coefficient (Wildman–Crippen LogP) is 13.5. The largest absolute Gasteiger partial charge is 0.464 e. The Labute approximate surface area is 315 Å². The van der Waals surface area contributed by atoms with Gasteiger partial charge in [-0.1, -0.05) is 164 Å². The summed E-state index contributed by atoms with van der Waals surface area (Å²) in [6, 6.07) is 69.3. The fourth-order valence-corrected chi connectivity index (χ4v) is 8.04. The molecular weight excluding hydrogens is 659 g/mol. The van der Waals surface area contributed by atoms with Crippen LogP contribution in [0.4, 0.5) is 5.69 Å². The summed E-state index contributed by atoms with van der Waals surface area (Å²) in [5.41, 5.74) is 14.9. The second-order valence-corrected chi connectivity index (χ2v) is 14.1. The maximum absolute atomic E-state index is 6.40. The van der Waals surface area contributed by atoms with Gasteiger partial charge in [0, 0.05) is 16.9 Å². The number of benzene rings is 8. The summed E-state index contributed by atoms with van der Waals surface area (Å²) in [7, 11) is 0. The van der Waals surface area contributed by atoms with Gasteiger partial charge in [0.15, 0.2) is 6.23 Å². The molecule has 8 aromatic carbocycles. The molecule has 2 atom stereocenters. The number of ether oxygens (including phenoxy) is 1. The van der Waals surface area contributed by atoms with Crippen LogP contribution in [0.25, 0.3) is 55.3 Å². The Balaban J connectivity index is 1.08. The third kappa shape index (κ3) is 5.90. The predicted molar refractivity (Wildman–Crippen MR) is 222 cm³/mol. The highest BCUT2D eigenvalue weighted by atomic mass is 16.5. The molecule has 9 aromatic rings. The number of anilines is 1. The minimum atomic E-state index is -0.251. The smallest absolute Gasteiger partial charge is 0.196 e. The van der Waals surface area contributed by atoms with Gasteiger partial charge in [-0.2, -0.15) is 0 Å². The van der Waals surface area contributed by atoms with Crippen molar-refractivity contribution < 1.29 is 9.15 Å². The Kier molecular flexibility index (Phi) is 8.03. The summed E-state index contributed by atoms with van der Waals surface area (Å²) < 4.78 is 12.8. The lowest BCUT2D eigenvalue weighted by Gasteiger charge is -2.23. The molecule has 0 bridgehead atoms. The van der Waals surface area contributed by atoms with Gasteiger partial charge in [0.05, 0.1) is 11.1 Å². The normalized spacial score (nSPS) is 14.0. The van der Waals surface area contributed by atoms with Crippen LogP contribution in [0.2, 0.25) is 0 Å². The minimum Gasteiger partial charge on any atom is -0.464 e. The lowest BCUT2D eigenvalue weighted by molar-refractivity contribution is 0.260. The molecule has 2 unspecified atom stereocenters. The van der Waals surface area contributed by atoms with Crippen LogP contribution in [0.15, 0.2) is 199 Å². The average Bonchev–Trinajstić information content (AvgIpc) is 3.86. The van der Waals surface area contributed by atoms with Crippen molar-refractivity contribution >= 4 is 27.6 Å². The van der Waals surface area contributed by atoms with Crippen LogP contribution in [0.3, 0.4) is 0 Å². The summed E-state index contributed by atoms with van der Waals surface area (Å²) in [4.78, 5) is 0. The third-order valence-corrected chi connectivity index (χ3v) is 10.8. The fraction of sp³-hybridized carbons (Fsp3) is 0.0588. The van der Waals surface area contributed by atoms with Crippen LogP contribution < -0.4 is 10.1 Å². The van der Waals surface area contributed by atoms with Crippen LogP contribution in [-0.2, 0) is 6.42 Å². The van der Waals surface area contributed by atoms with Crippen LogP contribution >= 0.6 is 0 Å². The van der Waals surface area contributed by atoms with Gasteiger partial charge in [0.1, 0.15) is 16.9 Å². The van der Waals surface area contributed by atoms with Crippen molar-refractivity contribution in [2.75, 3.05) is 5.32 Å². The number of nitrogens with one attached hydrogen (secondary N) is 1. The monoisotopic (exact) mass is 695 g/mol. The van der Waals surface area contributed by atoms with Crippen molar-refractivity contribution in [3.63, 3.8) is 0 Å². The molecule has 0 fully saturated rings. The molecule has 1 aromatic heterocycles. The Morgan fingerprint density at radius 3 is 1.83 bits per heavy atom. The van der Waals surface area contributed by atoms with E-state index in [1.807, 2.05) is 30.3 Å². The van der Waals surface area contributed by atoms with Crippen molar-refractivity contribution in [1.29, 1.82) is 0 Å². The molecule has 0 saturated carbocycles. The summed E-state index contributed by atoms with van der Waals surface area (Å²) in [6.07, 6.45) is 0.640. The highest BCUT2D eigenvalue weighted by molar-refractivity contribution is 6.14. The fourth-order valence-electron chi connectivity index (χ4n) is 8.04. The molecule has 3 nitrogen and oxygen atoms in total. The van der Waals surface area contributed by atoms with E-state index in [0.717, 1.165) is 56.5 Å². The zero-order chi connectivity index (χ0) is 35.8. The number of hydrogen-bond acceptors (Lipinski definition) is 3. The van der Waals surface area contributed by atoms with E-state index >= 15 is 0 Å². The third-order valence-electron chi connectivity index (χ3n) is 10.8. The SMILES string of the molecule is c1ccc(CC(c2ccc(-c3ccccc3)cc2)c2ccc(-c3ccc4oc5ccc6c(c5c4c3)NC(c3ccccc3)O6)cc2-c2ccccc2)cc1. The van der Waals surface area contributed by atoms with Crippen molar-refractivity contribution in [3.05, 3.63) is 216 Å². The van der Waals surface area contributed by atoms with Crippen molar-refractivity contribution in [2.45, 2.75) is 18.6 Å². The summed E-state index contributed by atoms with van der Waals surface area (Å²) in [6.45, 7) is 0. The lowest BCUT2D eigenvalue weighted by Crippen LogP contribution is -2.09. The van der Waals surface area contributed by atoms with E-state index in [1.165, 1.54) is 38.9 Å². The molecule has 10 rings (SSSR count). The number of fused-ring (bicyclic) bond motifs is 5. The summed E-state index contributed by atoms with van der Waals surface area (Å²) in [5, 5.41) is 5.76. The first kappa shape index (κ1) is 31.9. The maximum atomic E-state index is 6.40. The van der Waals surface area contributed by atoms with Crippen molar-refractivity contribution in [1.82, 2.24) is 0 Å². The highest BCUT2D eigenvalue weighted by Crippen LogP contribution is 2.47. The van der Waals surface area contributed by atoms with Crippen molar-refractivity contribution in [3.8, 4) is 39.1 Å². The number of rotatable bonds is 8. The first-order chi connectivity index (χ1) is 26.7. The van der Waals surface area contributed by atoms with E-state index in [0.29, 0.717) is 0 Å². The molecule has 0 amide bonds. The van der Waals surface area contributed by atoms with Gasteiger partial charge in [0.2, 0.25) is 0 Å². The number of furan rings is 1. The topological polar surface area (TPSA) is 34.4 Å². The zero-order valence-electron chi connectivity index (χ0n) is 29.7. The Morgan fingerprint density at radius 1 is 0.500 bits per heavy atom. The molecule has 2 heterocycles. The Bertz CT molecular complexity index is 2720. The second-order valence-electron chi connectivity index (χ2n) is 14.1. The lowest BCUT2D eigenvalue weighted by atomic mass is 9.80. The average molecular weight is 696 g/mol. The molecule has 1 aliphatic rings. The Hall–Kier alpha value is -6.84. The van der Waals surface area contributed by atoms with Gasteiger partial charge < -0.3 is 14.5 Å². The van der Waals surface area contributed by atoms with Crippen LogP contribution in [0.5, 0.6) is 5.75 Å². The first-order valence-electron chi connectivity index (χ1n) is 18.6. The second kappa shape index (κ2) is 13.6. The number of hydrogen-bond donors (Lipinski definition) is 1. The van der Waals surface area contributed by atoms with E-state index < -0.39 is 0 Å². The molecule has 0 radical (unpaired) electrons. The maximum Gasteiger partial charge on any atom is 0.196 e. The summed E-state index contributed by atoms with van der Waals surface area (Å²) in [5.74, 6) is 0.981. The Morgan fingerprint density at radius 2 is 1.09 bits per heavy atom. The first-order valence-corrected chi connectivity index (χ1v) is 18.6. The van der Waals surface area contributed by atoms with Crippen LogP contribution in [-0.4, -0.2) is 0 Å². The van der Waals surface area contributed by atoms with Crippen LogP contribution in [0, 0.1) is 0 Å². The molecule has 258 valence electrons. The van der Waals surface area contributed by atoms with Gasteiger partial charge in [-0.05, 0) is 86.8 Å². The van der Waals surface area contributed by atoms with Gasteiger partial charge in [-0.15, -0.1) is 0 Å². The van der Waals surface area contributed by atoms with E-state index in [-0.39, 0.29) is 12.1 Å². The summed E-state index contributed by atoms with van der Waals surface area (Å²) >= 11 is 0. The van der Waals surface area contributed by atoms with E-state index in [2.05, 4.69) is 169 Å². The molecule has 54 heavy (non-hydrogen) atoms. The molecule has 1 N–H and O–H groups in total. The van der Waals surface area contributed by atoms with E-state index in [4.69, 9.17) is 9.15 Å². The van der Waals surface area contributed by atoms with E-state index in [9.17, 15) is 0 Å². The van der Waals surface area contributed by atoms with Gasteiger partial charge in [-0.25, -0.2) is 0 Å². The van der Waals surface area contributed by atoms with Gasteiger partial charge in [0.25, 0.3) is 0 Å². The molecule has 1 aliphatic heterocycles. The molecule has 0 spiro atoms. The molecule has 0 saturated heterocycles. The zero-order valence-corrected chi connectivity index (χ0v) is 29.7. The highest BCUT2D eigenvalue weighted by Gasteiger charge is 2.28. The molecular formula is C51H37NO2.